The van der Waals surface area contributed by atoms with Gasteiger partial charge >= 0.3 is 0 Å². The fraction of sp³-hybridized carbons (Fsp3) is 0.812. The minimum absolute atomic E-state index is 0.0639. The number of hydrogen-bond acceptors (Lipinski definition) is 5. The largest absolute Gasteiger partial charge is 0.295 e. The molecule has 22 heavy (non-hydrogen) atoms. The van der Waals surface area contributed by atoms with Gasteiger partial charge in [0.2, 0.25) is 0 Å². The molecule has 0 radical (unpaired) electrons. The zero-order valence-corrected chi connectivity index (χ0v) is 15.5. The van der Waals surface area contributed by atoms with Crippen LogP contribution >= 0.6 is 11.3 Å². The molecule has 0 N–H and O–H groups in total. The van der Waals surface area contributed by atoms with Crippen LogP contribution in [-0.2, 0) is 22.1 Å². The van der Waals surface area contributed by atoms with Gasteiger partial charge in [-0.2, -0.15) is 0 Å². The van der Waals surface area contributed by atoms with Crippen LogP contribution in [0, 0.1) is 5.92 Å². The monoisotopic (exact) mass is 344 g/mol. The first kappa shape index (κ1) is 17.9. The maximum atomic E-state index is 11.4. The number of rotatable bonds is 7. The quantitative estimate of drug-likeness (QED) is 0.760. The van der Waals surface area contributed by atoms with Crippen molar-refractivity contribution in [1.82, 2.24) is 9.88 Å². The highest BCUT2D eigenvalue weighted by Crippen LogP contribution is 2.25. The van der Waals surface area contributed by atoms with Crippen molar-refractivity contribution >= 4 is 21.2 Å². The Labute approximate surface area is 138 Å². The molecule has 1 aliphatic heterocycles. The molecule has 126 valence electrons. The van der Waals surface area contributed by atoms with Gasteiger partial charge in [-0.25, -0.2) is 13.4 Å². The van der Waals surface area contributed by atoms with Crippen LogP contribution in [0.2, 0.25) is 0 Å². The highest BCUT2D eigenvalue weighted by Gasteiger charge is 2.23. The number of hydrogen-bond donors (Lipinski definition) is 0. The van der Waals surface area contributed by atoms with Gasteiger partial charge in [0.25, 0.3) is 0 Å². The number of piperidine rings is 1. The predicted molar refractivity (Wildman–Crippen MR) is 92.8 cm³/mol. The molecule has 0 amide bonds. The highest BCUT2D eigenvalue weighted by molar-refractivity contribution is 7.90. The lowest BCUT2D eigenvalue weighted by atomic mass is 9.94. The Morgan fingerprint density at radius 2 is 2.18 bits per heavy atom. The van der Waals surface area contributed by atoms with Crippen LogP contribution in [0.4, 0.5) is 0 Å². The van der Waals surface area contributed by atoms with E-state index in [1.54, 1.807) is 0 Å². The van der Waals surface area contributed by atoms with Crippen LogP contribution in [0.25, 0.3) is 0 Å². The first-order valence-electron chi connectivity index (χ1n) is 8.18. The summed E-state index contributed by atoms with van der Waals surface area (Å²) in [7, 11) is -2.99. The number of aromatic nitrogens is 1. The van der Waals surface area contributed by atoms with Crippen LogP contribution in [0.5, 0.6) is 0 Å². The first-order chi connectivity index (χ1) is 10.3. The van der Waals surface area contributed by atoms with E-state index in [1.165, 1.54) is 49.7 Å². The van der Waals surface area contributed by atoms with Crippen molar-refractivity contribution in [2.24, 2.45) is 5.92 Å². The second-order valence-corrected chi connectivity index (χ2v) is 9.98. The van der Waals surface area contributed by atoms with Crippen molar-refractivity contribution < 1.29 is 8.42 Å². The molecule has 0 saturated carbocycles. The lowest BCUT2D eigenvalue weighted by Gasteiger charge is -2.35. The second kappa shape index (κ2) is 7.88. The number of likely N-dealkylation sites (tertiary alicyclic amines) is 1. The van der Waals surface area contributed by atoms with E-state index >= 15 is 0 Å². The third-order valence-corrected chi connectivity index (χ3v) is 6.05. The summed E-state index contributed by atoms with van der Waals surface area (Å²) in [5.74, 6) is 0.818. The molecular formula is C16H28N2O2S2. The molecule has 1 aromatic heterocycles. The van der Waals surface area contributed by atoms with Crippen molar-refractivity contribution in [1.29, 1.82) is 0 Å². The third-order valence-electron chi connectivity index (χ3n) is 4.18. The number of nitrogens with zero attached hydrogens (tertiary/aromatic N) is 2. The SMILES string of the molecule is CC(C)CCC1CCCCN1Cc1csc(CS(C)(=O)=O)n1. The Morgan fingerprint density at radius 3 is 2.86 bits per heavy atom. The molecule has 6 heteroatoms. The summed E-state index contributed by atoms with van der Waals surface area (Å²) in [6, 6.07) is 0.663. The van der Waals surface area contributed by atoms with Gasteiger partial charge in [0, 0.05) is 24.2 Å². The molecule has 1 fully saturated rings. The molecule has 4 nitrogen and oxygen atoms in total. The molecule has 0 aliphatic carbocycles. The molecule has 2 rings (SSSR count). The van der Waals surface area contributed by atoms with E-state index < -0.39 is 9.84 Å². The van der Waals surface area contributed by atoms with Crippen molar-refractivity contribution in [3.63, 3.8) is 0 Å². The van der Waals surface area contributed by atoms with E-state index in [0.717, 1.165) is 24.7 Å². The van der Waals surface area contributed by atoms with Crippen molar-refractivity contribution in [3.05, 3.63) is 16.1 Å². The Balaban J connectivity index is 1.95. The summed E-state index contributed by atoms with van der Waals surface area (Å²) >= 11 is 1.47. The van der Waals surface area contributed by atoms with Crippen LogP contribution in [0.3, 0.4) is 0 Å². The van der Waals surface area contributed by atoms with Crippen molar-refractivity contribution in [3.8, 4) is 0 Å². The van der Waals surface area contributed by atoms with E-state index in [2.05, 4.69) is 23.7 Å². The molecule has 0 bridgehead atoms. The summed E-state index contributed by atoms with van der Waals surface area (Å²) in [6.45, 7) is 6.57. The normalized spacial score (nSPS) is 20.6. The predicted octanol–water partition coefficient (Wildman–Crippen LogP) is 3.48. The second-order valence-electron chi connectivity index (χ2n) is 6.89. The smallest absolute Gasteiger partial charge is 0.153 e. The summed E-state index contributed by atoms with van der Waals surface area (Å²) in [5, 5.41) is 2.74. The zero-order chi connectivity index (χ0) is 16.2. The number of thiazole rings is 1. The standard InChI is InChI=1S/C16H28N2O2S2/c1-13(2)7-8-15-6-4-5-9-18(15)10-14-11-21-16(17-14)12-22(3,19)20/h11,13,15H,4-10,12H2,1-3H3. The van der Waals surface area contributed by atoms with E-state index in [4.69, 9.17) is 0 Å². The van der Waals surface area contributed by atoms with Gasteiger partial charge in [-0.3, -0.25) is 4.90 Å². The lowest BCUT2D eigenvalue weighted by Crippen LogP contribution is -2.39. The fourth-order valence-electron chi connectivity index (χ4n) is 3.04. The highest BCUT2D eigenvalue weighted by atomic mass is 32.2. The summed E-state index contributed by atoms with van der Waals surface area (Å²) < 4.78 is 22.7. The van der Waals surface area contributed by atoms with Crippen molar-refractivity contribution in [2.45, 2.75) is 64.3 Å². The van der Waals surface area contributed by atoms with Crippen LogP contribution in [0.1, 0.15) is 56.7 Å². The Bertz CT molecular complexity index is 566. The third kappa shape index (κ3) is 5.97. The zero-order valence-electron chi connectivity index (χ0n) is 13.9. The summed E-state index contributed by atoms with van der Waals surface area (Å²) in [4.78, 5) is 7.06. The molecule has 0 aromatic carbocycles. The maximum absolute atomic E-state index is 11.4. The van der Waals surface area contributed by atoms with Crippen LogP contribution < -0.4 is 0 Å². The van der Waals surface area contributed by atoms with E-state index in [1.807, 2.05) is 5.38 Å². The summed E-state index contributed by atoms with van der Waals surface area (Å²) in [5.41, 5.74) is 1.03. The van der Waals surface area contributed by atoms with Crippen LogP contribution in [0.15, 0.2) is 5.38 Å². The first-order valence-corrected chi connectivity index (χ1v) is 11.1. The van der Waals surface area contributed by atoms with Gasteiger partial charge < -0.3 is 0 Å². The minimum Gasteiger partial charge on any atom is -0.295 e. The molecule has 2 heterocycles. The lowest BCUT2D eigenvalue weighted by molar-refractivity contribution is 0.126. The average Bonchev–Trinajstić information content (AvgIpc) is 2.82. The fourth-order valence-corrected chi connectivity index (χ4v) is 5.04. The molecule has 1 unspecified atom stereocenters. The van der Waals surface area contributed by atoms with Gasteiger partial charge in [0.1, 0.15) is 10.8 Å². The Kier molecular flexibility index (Phi) is 6.41. The van der Waals surface area contributed by atoms with Gasteiger partial charge in [-0.15, -0.1) is 11.3 Å². The van der Waals surface area contributed by atoms with Gasteiger partial charge in [-0.05, 0) is 38.1 Å². The van der Waals surface area contributed by atoms with E-state index in [0.29, 0.717) is 11.0 Å². The topological polar surface area (TPSA) is 50.3 Å². The van der Waals surface area contributed by atoms with Gasteiger partial charge in [0.15, 0.2) is 9.84 Å². The minimum atomic E-state index is -2.99. The van der Waals surface area contributed by atoms with Crippen molar-refractivity contribution in [2.75, 3.05) is 12.8 Å². The molecule has 1 aliphatic rings. The molecule has 1 aromatic rings. The summed E-state index contributed by atoms with van der Waals surface area (Å²) in [6.07, 6.45) is 7.68. The Hall–Kier alpha value is -0.460. The number of sulfone groups is 1. The molecule has 1 saturated heterocycles. The van der Waals surface area contributed by atoms with E-state index in [9.17, 15) is 8.42 Å². The average molecular weight is 345 g/mol. The van der Waals surface area contributed by atoms with Crippen LogP contribution in [-0.4, -0.2) is 37.1 Å². The molecule has 1 atom stereocenters. The maximum Gasteiger partial charge on any atom is 0.153 e. The molecule has 0 spiro atoms. The Morgan fingerprint density at radius 1 is 1.41 bits per heavy atom. The van der Waals surface area contributed by atoms with Gasteiger partial charge in [0.05, 0.1) is 5.69 Å². The van der Waals surface area contributed by atoms with E-state index in [-0.39, 0.29) is 5.75 Å². The molecular weight excluding hydrogens is 316 g/mol. The van der Waals surface area contributed by atoms with Gasteiger partial charge in [-0.1, -0.05) is 20.3 Å².